The summed E-state index contributed by atoms with van der Waals surface area (Å²) in [5.41, 5.74) is 0. The maximum atomic E-state index is 12.2. The molecule has 1 N–H and O–H groups in total. The van der Waals surface area contributed by atoms with Crippen LogP contribution >= 0.6 is 0 Å². The van der Waals surface area contributed by atoms with Crippen molar-refractivity contribution in [2.75, 3.05) is 33.3 Å². The van der Waals surface area contributed by atoms with Gasteiger partial charge in [0.15, 0.2) is 0 Å². The van der Waals surface area contributed by atoms with Crippen LogP contribution < -0.4 is 5.32 Å². The highest BCUT2D eigenvalue weighted by Crippen LogP contribution is 2.18. The van der Waals surface area contributed by atoms with E-state index in [0.717, 1.165) is 57.8 Å². The van der Waals surface area contributed by atoms with Crippen molar-refractivity contribution in [3.05, 3.63) is 0 Å². The molecule has 2 saturated heterocycles. The van der Waals surface area contributed by atoms with E-state index in [9.17, 15) is 4.79 Å². The molecule has 2 rings (SSSR count). The first-order valence-electron chi connectivity index (χ1n) is 7.34. The van der Waals surface area contributed by atoms with Crippen molar-refractivity contribution in [3.8, 4) is 0 Å². The number of carbonyl (C=O) groups is 1. The van der Waals surface area contributed by atoms with E-state index < -0.39 is 0 Å². The normalized spacial score (nSPS) is 25.9. The van der Waals surface area contributed by atoms with Gasteiger partial charge in [-0.1, -0.05) is 0 Å². The lowest BCUT2D eigenvalue weighted by Gasteiger charge is -2.29. The van der Waals surface area contributed by atoms with Gasteiger partial charge in [-0.15, -0.1) is 0 Å². The smallest absolute Gasteiger partial charge is 0.251 e. The Morgan fingerprint density at radius 1 is 1.28 bits per heavy atom. The number of ether oxygens (including phenoxy) is 1. The van der Waals surface area contributed by atoms with Gasteiger partial charge in [-0.3, -0.25) is 4.79 Å². The minimum absolute atomic E-state index is 0.170. The second-order valence-corrected chi connectivity index (χ2v) is 5.60. The lowest BCUT2D eigenvalue weighted by atomic mass is 9.94. The third-order valence-corrected chi connectivity index (χ3v) is 4.16. The topological polar surface area (TPSA) is 41.6 Å². The zero-order valence-corrected chi connectivity index (χ0v) is 11.5. The Morgan fingerprint density at radius 3 is 2.72 bits per heavy atom. The standard InChI is InChI=1S/C14H26N2O2/c1-16(10-7-12-5-8-15-9-6-12)14(17)13-4-2-3-11-18-13/h12-13,15H,2-11H2,1H3. The second-order valence-electron chi connectivity index (χ2n) is 5.60. The van der Waals surface area contributed by atoms with Crippen LogP contribution in [0.15, 0.2) is 0 Å². The van der Waals surface area contributed by atoms with Crippen LogP contribution in [0.5, 0.6) is 0 Å². The van der Waals surface area contributed by atoms with Crippen LogP contribution in [0.1, 0.15) is 38.5 Å². The maximum Gasteiger partial charge on any atom is 0.251 e. The Hall–Kier alpha value is -0.610. The fourth-order valence-corrected chi connectivity index (χ4v) is 2.84. The monoisotopic (exact) mass is 254 g/mol. The number of likely N-dealkylation sites (N-methyl/N-ethyl adjacent to an activating group) is 1. The third-order valence-electron chi connectivity index (χ3n) is 4.16. The van der Waals surface area contributed by atoms with E-state index in [4.69, 9.17) is 4.74 Å². The van der Waals surface area contributed by atoms with Crippen LogP contribution in [0, 0.1) is 5.92 Å². The van der Waals surface area contributed by atoms with Crippen LogP contribution in [0.3, 0.4) is 0 Å². The van der Waals surface area contributed by atoms with Crippen molar-refractivity contribution in [1.82, 2.24) is 10.2 Å². The molecule has 1 amide bonds. The predicted molar refractivity (Wildman–Crippen MR) is 71.4 cm³/mol. The average molecular weight is 254 g/mol. The maximum absolute atomic E-state index is 12.2. The van der Waals surface area contributed by atoms with E-state index in [2.05, 4.69) is 5.32 Å². The Kier molecular flexibility index (Phi) is 5.45. The highest BCUT2D eigenvalue weighted by atomic mass is 16.5. The van der Waals surface area contributed by atoms with Crippen LogP contribution in [0.25, 0.3) is 0 Å². The summed E-state index contributed by atoms with van der Waals surface area (Å²) in [6, 6.07) is 0. The second kappa shape index (κ2) is 7.10. The fourth-order valence-electron chi connectivity index (χ4n) is 2.84. The minimum Gasteiger partial charge on any atom is -0.368 e. The van der Waals surface area contributed by atoms with Crippen molar-refractivity contribution in [1.29, 1.82) is 0 Å². The molecule has 104 valence electrons. The number of rotatable bonds is 4. The summed E-state index contributed by atoms with van der Waals surface area (Å²) < 4.78 is 5.55. The Bertz CT molecular complexity index is 259. The van der Waals surface area contributed by atoms with Gasteiger partial charge < -0.3 is 15.0 Å². The number of piperidine rings is 1. The summed E-state index contributed by atoms with van der Waals surface area (Å²) in [4.78, 5) is 14.0. The SMILES string of the molecule is CN(CCC1CCNCC1)C(=O)C1CCCCO1. The van der Waals surface area contributed by atoms with Gasteiger partial charge in [-0.2, -0.15) is 0 Å². The molecule has 0 aromatic rings. The predicted octanol–water partition coefficient (Wildman–Crippen LogP) is 1.40. The fraction of sp³-hybridized carbons (Fsp3) is 0.929. The van der Waals surface area contributed by atoms with Gasteiger partial charge in [-0.05, 0) is 57.5 Å². The van der Waals surface area contributed by atoms with Crippen molar-refractivity contribution in [2.24, 2.45) is 5.92 Å². The molecule has 0 radical (unpaired) electrons. The van der Waals surface area contributed by atoms with E-state index in [1.807, 2.05) is 11.9 Å². The summed E-state index contributed by atoms with van der Waals surface area (Å²) in [6.45, 7) is 3.89. The number of hydrogen-bond acceptors (Lipinski definition) is 3. The van der Waals surface area contributed by atoms with E-state index in [1.165, 1.54) is 12.8 Å². The minimum atomic E-state index is -0.170. The Morgan fingerprint density at radius 2 is 2.06 bits per heavy atom. The summed E-state index contributed by atoms with van der Waals surface area (Å²) >= 11 is 0. The van der Waals surface area contributed by atoms with E-state index in [1.54, 1.807) is 0 Å². The Balaban J connectivity index is 1.69. The molecule has 4 nitrogen and oxygen atoms in total. The van der Waals surface area contributed by atoms with Gasteiger partial charge in [0.25, 0.3) is 5.91 Å². The number of amides is 1. The lowest BCUT2D eigenvalue weighted by molar-refractivity contribution is -0.145. The number of hydrogen-bond donors (Lipinski definition) is 1. The molecule has 0 aromatic carbocycles. The molecule has 4 heteroatoms. The molecule has 0 saturated carbocycles. The molecular weight excluding hydrogens is 228 g/mol. The molecule has 0 aliphatic carbocycles. The van der Waals surface area contributed by atoms with Crippen molar-refractivity contribution in [2.45, 2.75) is 44.6 Å². The number of carbonyl (C=O) groups excluding carboxylic acids is 1. The number of nitrogens with one attached hydrogen (secondary N) is 1. The van der Waals surface area contributed by atoms with Crippen LogP contribution in [0.2, 0.25) is 0 Å². The van der Waals surface area contributed by atoms with Gasteiger partial charge >= 0.3 is 0 Å². The first-order chi connectivity index (χ1) is 8.77. The molecule has 18 heavy (non-hydrogen) atoms. The van der Waals surface area contributed by atoms with Gasteiger partial charge in [0.05, 0.1) is 0 Å². The molecule has 0 bridgehead atoms. The van der Waals surface area contributed by atoms with Crippen molar-refractivity contribution in [3.63, 3.8) is 0 Å². The van der Waals surface area contributed by atoms with Crippen molar-refractivity contribution < 1.29 is 9.53 Å². The highest BCUT2D eigenvalue weighted by Gasteiger charge is 2.25. The van der Waals surface area contributed by atoms with Gasteiger partial charge in [-0.25, -0.2) is 0 Å². The largest absolute Gasteiger partial charge is 0.368 e. The molecule has 2 aliphatic rings. The average Bonchev–Trinajstić information content (AvgIpc) is 2.46. The molecule has 2 fully saturated rings. The summed E-state index contributed by atoms with van der Waals surface area (Å²) in [5, 5.41) is 3.38. The van der Waals surface area contributed by atoms with Crippen LogP contribution in [-0.2, 0) is 9.53 Å². The summed E-state index contributed by atoms with van der Waals surface area (Å²) in [6.07, 6.45) is 6.59. The van der Waals surface area contributed by atoms with Crippen LogP contribution in [0.4, 0.5) is 0 Å². The molecule has 2 heterocycles. The molecule has 1 unspecified atom stereocenters. The van der Waals surface area contributed by atoms with Crippen LogP contribution in [-0.4, -0.2) is 50.2 Å². The van der Waals surface area contributed by atoms with Gasteiger partial charge in [0.2, 0.25) is 0 Å². The van der Waals surface area contributed by atoms with E-state index >= 15 is 0 Å². The molecule has 2 aliphatic heterocycles. The highest BCUT2D eigenvalue weighted by molar-refractivity contribution is 5.80. The van der Waals surface area contributed by atoms with E-state index in [-0.39, 0.29) is 12.0 Å². The zero-order chi connectivity index (χ0) is 12.8. The molecule has 0 spiro atoms. The molecule has 1 atom stereocenters. The van der Waals surface area contributed by atoms with E-state index in [0.29, 0.717) is 0 Å². The first kappa shape index (κ1) is 13.8. The zero-order valence-electron chi connectivity index (χ0n) is 11.5. The third kappa shape index (κ3) is 3.95. The van der Waals surface area contributed by atoms with Gasteiger partial charge in [0, 0.05) is 20.2 Å². The number of nitrogens with zero attached hydrogens (tertiary/aromatic N) is 1. The molecular formula is C14H26N2O2. The Labute approximate surface area is 110 Å². The molecule has 0 aromatic heterocycles. The quantitative estimate of drug-likeness (QED) is 0.824. The van der Waals surface area contributed by atoms with Gasteiger partial charge in [0.1, 0.15) is 6.10 Å². The lowest BCUT2D eigenvalue weighted by Crippen LogP contribution is -2.41. The first-order valence-corrected chi connectivity index (χ1v) is 7.34. The summed E-state index contributed by atoms with van der Waals surface area (Å²) in [5.74, 6) is 0.970. The summed E-state index contributed by atoms with van der Waals surface area (Å²) in [7, 11) is 1.92. The van der Waals surface area contributed by atoms with Crippen molar-refractivity contribution >= 4 is 5.91 Å².